The van der Waals surface area contributed by atoms with Crippen molar-refractivity contribution in [1.82, 2.24) is 10.2 Å². The van der Waals surface area contributed by atoms with Crippen molar-refractivity contribution in [3.05, 3.63) is 63.7 Å². The molecular weight excluding hydrogens is 392 g/mol. The summed E-state index contributed by atoms with van der Waals surface area (Å²) in [5.74, 6) is -1.08. The van der Waals surface area contributed by atoms with Crippen molar-refractivity contribution in [3.63, 3.8) is 0 Å². The number of aryl methyl sites for hydroxylation is 1. The summed E-state index contributed by atoms with van der Waals surface area (Å²) in [6.07, 6.45) is 0. The zero-order valence-electron chi connectivity index (χ0n) is 16.6. The molecule has 2 N–H and O–H groups in total. The largest absolute Gasteiger partial charge is 0.496 e. The predicted octanol–water partition coefficient (Wildman–Crippen LogP) is 2.32. The molecule has 156 valence electrons. The molecule has 0 aromatic heterocycles. The molecule has 1 atom stereocenters. The van der Waals surface area contributed by atoms with Crippen LogP contribution in [0.2, 0.25) is 0 Å². The van der Waals surface area contributed by atoms with Gasteiger partial charge in [0.25, 0.3) is 11.6 Å². The number of hydrogen-bond donors (Lipinski definition) is 2. The molecule has 10 nitrogen and oxygen atoms in total. The second-order valence-corrected chi connectivity index (χ2v) is 6.95. The van der Waals surface area contributed by atoms with E-state index < -0.39 is 34.9 Å². The highest BCUT2D eigenvalue weighted by Crippen LogP contribution is 2.32. The topological polar surface area (TPSA) is 131 Å². The number of ether oxygens (including phenoxy) is 1. The van der Waals surface area contributed by atoms with Gasteiger partial charge in [0.05, 0.1) is 18.1 Å². The molecule has 10 heteroatoms. The summed E-state index contributed by atoms with van der Waals surface area (Å²) < 4.78 is 4.95. The van der Waals surface area contributed by atoms with E-state index in [4.69, 9.17) is 4.74 Å². The molecule has 1 fully saturated rings. The highest BCUT2D eigenvalue weighted by Gasteiger charge is 2.50. The smallest absolute Gasteiger partial charge is 0.325 e. The first kappa shape index (κ1) is 20.8. The van der Waals surface area contributed by atoms with Crippen LogP contribution in [0, 0.1) is 17.0 Å². The lowest BCUT2D eigenvalue weighted by molar-refractivity contribution is -0.384. The van der Waals surface area contributed by atoms with Crippen LogP contribution in [-0.4, -0.2) is 41.3 Å². The maximum atomic E-state index is 13.0. The van der Waals surface area contributed by atoms with Crippen LogP contribution in [0.3, 0.4) is 0 Å². The van der Waals surface area contributed by atoms with Gasteiger partial charge >= 0.3 is 6.03 Å². The molecule has 1 heterocycles. The van der Waals surface area contributed by atoms with Gasteiger partial charge in [0.15, 0.2) is 0 Å². The summed E-state index contributed by atoms with van der Waals surface area (Å²) >= 11 is 0. The van der Waals surface area contributed by atoms with Crippen LogP contribution in [0.5, 0.6) is 5.75 Å². The number of anilines is 1. The van der Waals surface area contributed by atoms with Gasteiger partial charge in [-0.3, -0.25) is 24.6 Å². The third-order valence-electron chi connectivity index (χ3n) is 4.94. The van der Waals surface area contributed by atoms with E-state index in [0.717, 1.165) is 10.5 Å². The van der Waals surface area contributed by atoms with E-state index in [9.17, 15) is 24.5 Å². The standard InChI is InChI=1S/C20H20N4O6/c1-12-6-4-5-7-14(12)20(2)18(26)23(19(27)22-20)11-17(25)21-15-9-8-13(30-3)10-16(15)24(28)29/h4-10H,11H2,1-3H3,(H,21,25)(H,22,27). The summed E-state index contributed by atoms with van der Waals surface area (Å²) in [6, 6.07) is 10.3. The van der Waals surface area contributed by atoms with Crippen LogP contribution in [0.25, 0.3) is 0 Å². The molecule has 0 bridgehead atoms. The van der Waals surface area contributed by atoms with Crippen molar-refractivity contribution >= 4 is 29.2 Å². The Labute approximate surface area is 172 Å². The third kappa shape index (κ3) is 3.66. The van der Waals surface area contributed by atoms with Crippen LogP contribution in [0.1, 0.15) is 18.1 Å². The number of carbonyl (C=O) groups excluding carboxylic acids is 3. The number of benzene rings is 2. The Balaban J connectivity index is 1.80. The van der Waals surface area contributed by atoms with Gasteiger partial charge in [0, 0.05) is 0 Å². The fraction of sp³-hybridized carbons (Fsp3) is 0.250. The Morgan fingerprint density at radius 3 is 2.60 bits per heavy atom. The lowest BCUT2D eigenvalue weighted by Gasteiger charge is -2.24. The van der Waals surface area contributed by atoms with Crippen molar-refractivity contribution in [2.24, 2.45) is 0 Å². The molecule has 1 aliphatic heterocycles. The van der Waals surface area contributed by atoms with Crippen LogP contribution >= 0.6 is 0 Å². The number of amides is 4. The number of rotatable bonds is 6. The average Bonchev–Trinajstić information content (AvgIpc) is 2.92. The summed E-state index contributed by atoms with van der Waals surface area (Å²) in [5.41, 5.74) is -0.315. The van der Waals surface area contributed by atoms with Crippen molar-refractivity contribution in [1.29, 1.82) is 0 Å². The molecule has 0 saturated carbocycles. The minimum absolute atomic E-state index is 0.0699. The molecule has 0 radical (unpaired) electrons. The number of urea groups is 1. The van der Waals surface area contributed by atoms with Gasteiger partial charge in [0.2, 0.25) is 5.91 Å². The Morgan fingerprint density at radius 1 is 1.27 bits per heavy atom. The van der Waals surface area contributed by atoms with Crippen LogP contribution in [0.15, 0.2) is 42.5 Å². The SMILES string of the molecule is COc1ccc(NC(=O)CN2C(=O)NC(C)(c3ccccc3C)C2=O)c([N+](=O)[O-])c1. The van der Waals surface area contributed by atoms with Crippen molar-refractivity contribution in [2.75, 3.05) is 19.0 Å². The minimum atomic E-state index is -1.31. The number of methoxy groups -OCH3 is 1. The monoisotopic (exact) mass is 412 g/mol. The van der Waals surface area contributed by atoms with Crippen LogP contribution in [0.4, 0.5) is 16.2 Å². The van der Waals surface area contributed by atoms with E-state index >= 15 is 0 Å². The summed E-state index contributed by atoms with van der Waals surface area (Å²) in [4.78, 5) is 49.2. The van der Waals surface area contributed by atoms with Crippen molar-refractivity contribution in [3.8, 4) is 5.75 Å². The minimum Gasteiger partial charge on any atom is -0.496 e. The molecule has 2 aromatic rings. The Morgan fingerprint density at radius 2 is 1.97 bits per heavy atom. The molecule has 1 aliphatic rings. The molecular formula is C20H20N4O6. The molecule has 0 aliphatic carbocycles. The number of nitro groups is 1. The number of nitro benzene ring substituents is 1. The lowest BCUT2D eigenvalue weighted by Crippen LogP contribution is -2.42. The maximum Gasteiger partial charge on any atom is 0.325 e. The Bertz CT molecular complexity index is 1050. The number of hydrogen-bond acceptors (Lipinski definition) is 6. The first-order valence-corrected chi connectivity index (χ1v) is 9.00. The second kappa shape index (κ2) is 7.82. The third-order valence-corrected chi connectivity index (χ3v) is 4.94. The second-order valence-electron chi connectivity index (χ2n) is 6.95. The van der Waals surface area contributed by atoms with Crippen molar-refractivity contribution in [2.45, 2.75) is 19.4 Å². The molecule has 30 heavy (non-hydrogen) atoms. The highest BCUT2D eigenvalue weighted by molar-refractivity contribution is 6.10. The number of carbonyl (C=O) groups is 3. The number of nitrogens with one attached hydrogen (secondary N) is 2. The van der Waals surface area contributed by atoms with Gasteiger partial charge in [0.1, 0.15) is 23.5 Å². The summed E-state index contributed by atoms with van der Waals surface area (Å²) in [7, 11) is 1.36. The fourth-order valence-electron chi connectivity index (χ4n) is 3.39. The molecule has 2 aromatic carbocycles. The van der Waals surface area contributed by atoms with Gasteiger partial charge in [-0.15, -0.1) is 0 Å². The average molecular weight is 412 g/mol. The fourth-order valence-corrected chi connectivity index (χ4v) is 3.39. The predicted molar refractivity (Wildman–Crippen MR) is 107 cm³/mol. The number of nitrogens with zero attached hydrogens (tertiary/aromatic N) is 2. The summed E-state index contributed by atoms with van der Waals surface area (Å²) in [5, 5.41) is 16.3. The molecule has 4 amide bonds. The Hall–Kier alpha value is -3.95. The van der Waals surface area contributed by atoms with Gasteiger partial charge in [-0.25, -0.2) is 4.79 Å². The summed E-state index contributed by atoms with van der Waals surface area (Å²) in [6.45, 7) is 2.80. The zero-order chi connectivity index (χ0) is 22.1. The molecule has 1 saturated heterocycles. The first-order chi connectivity index (χ1) is 14.2. The van der Waals surface area contributed by atoms with Crippen LogP contribution < -0.4 is 15.4 Å². The lowest BCUT2D eigenvalue weighted by atomic mass is 9.88. The van der Waals surface area contributed by atoms with E-state index in [0.29, 0.717) is 5.56 Å². The van der Waals surface area contributed by atoms with E-state index in [1.807, 2.05) is 19.1 Å². The molecule has 1 unspecified atom stereocenters. The van der Waals surface area contributed by atoms with Gasteiger partial charge in [-0.05, 0) is 37.1 Å². The van der Waals surface area contributed by atoms with Crippen LogP contribution in [-0.2, 0) is 15.1 Å². The molecule has 0 spiro atoms. The van der Waals surface area contributed by atoms with Gasteiger partial charge in [-0.1, -0.05) is 24.3 Å². The highest BCUT2D eigenvalue weighted by atomic mass is 16.6. The normalized spacial score (nSPS) is 18.2. The zero-order valence-corrected chi connectivity index (χ0v) is 16.6. The van der Waals surface area contributed by atoms with E-state index in [-0.39, 0.29) is 17.1 Å². The van der Waals surface area contributed by atoms with E-state index in [2.05, 4.69) is 10.6 Å². The quantitative estimate of drug-likeness (QED) is 0.425. The number of imide groups is 1. The Kier molecular flexibility index (Phi) is 5.41. The molecule has 3 rings (SSSR count). The van der Waals surface area contributed by atoms with Gasteiger partial charge in [-0.2, -0.15) is 0 Å². The first-order valence-electron chi connectivity index (χ1n) is 9.00. The van der Waals surface area contributed by atoms with Crippen molar-refractivity contribution < 1.29 is 24.0 Å². The van der Waals surface area contributed by atoms with Gasteiger partial charge < -0.3 is 15.4 Å². The van der Waals surface area contributed by atoms with E-state index in [1.54, 1.807) is 19.1 Å². The van der Waals surface area contributed by atoms with E-state index in [1.165, 1.54) is 25.3 Å². The maximum absolute atomic E-state index is 13.0.